The van der Waals surface area contributed by atoms with Crippen LogP contribution in [0.25, 0.3) is 6.08 Å². The van der Waals surface area contributed by atoms with E-state index in [2.05, 4.69) is 20.9 Å². The fourth-order valence-corrected chi connectivity index (χ4v) is 3.34. The lowest BCUT2D eigenvalue weighted by molar-refractivity contribution is -0.129. The van der Waals surface area contributed by atoms with Crippen LogP contribution in [0.1, 0.15) is 16.7 Å². The van der Waals surface area contributed by atoms with Gasteiger partial charge in [0.05, 0.1) is 5.56 Å². The number of rotatable bonds is 5. The zero-order valence-corrected chi connectivity index (χ0v) is 17.5. The number of ether oxygens (including phenoxy) is 2. The molecule has 0 spiro atoms. The normalized spacial score (nSPS) is 14.6. The lowest BCUT2D eigenvalue weighted by Gasteiger charge is -2.07. The quantitative estimate of drug-likeness (QED) is 0.339. The number of halogens is 2. The average molecular weight is 469 g/mol. The summed E-state index contributed by atoms with van der Waals surface area (Å²) in [6.07, 6.45) is 1.68. The topological polar surface area (TPSA) is 47.9 Å². The lowest BCUT2D eigenvalue weighted by Crippen LogP contribution is -2.05. The molecule has 0 aromatic heterocycles. The van der Waals surface area contributed by atoms with E-state index in [0.717, 1.165) is 21.2 Å². The molecule has 0 saturated carbocycles. The Kier molecular flexibility index (Phi) is 5.79. The van der Waals surface area contributed by atoms with Gasteiger partial charge in [-0.3, -0.25) is 0 Å². The Morgan fingerprint density at radius 1 is 1.03 bits per heavy atom. The van der Waals surface area contributed by atoms with Crippen molar-refractivity contribution in [1.29, 1.82) is 0 Å². The Bertz CT molecular complexity index is 1120. The minimum absolute atomic E-state index is 0.241. The van der Waals surface area contributed by atoms with Crippen molar-refractivity contribution in [3.05, 3.63) is 105 Å². The van der Waals surface area contributed by atoms with Crippen molar-refractivity contribution in [3.63, 3.8) is 0 Å². The van der Waals surface area contributed by atoms with Crippen LogP contribution in [0, 0.1) is 0 Å². The van der Waals surface area contributed by atoms with Crippen molar-refractivity contribution in [2.75, 3.05) is 0 Å². The van der Waals surface area contributed by atoms with Crippen molar-refractivity contribution in [2.24, 2.45) is 4.99 Å². The third kappa shape index (κ3) is 4.75. The number of hydrogen-bond donors (Lipinski definition) is 0. The molecule has 0 atom stereocenters. The molecule has 1 heterocycles. The summed E-state index contributed by atoms with van der Waals surface area (Å²) < 4.78 is 12.0. The fourth-order valence-electron chi connectivity index (χ4n) is 2.76. The average Bonchev–Trinajstić information content (AvgIpc) is 3.08. The van der Waals surface area contributed by atoms with Crippen molar-refractivity contribution in [3.8, 4) is 5.75 Å². The van der Waals surface area contributed by atoms with Crippen LogP contribution >= 0.6 is 27.5 Å². The highest BCUT2D eigenvalue weighted by molar-refractivity contribution is 9.10. The zero-order valence-electron chi connectivity index (χ0n) is 15.1. The van der Waals surface area contributed by atoms with Crippen LogP contribution in [-0.4, -0.2) is 11.9 Å². The van der Waals surface area contributed by atoms with Gasteiger partial charge in [0.25, 0.3) is 0 Å². The van der Waals surface area contributed by atoms with Crippen LogP contribution in [0.15, 0.2) is 88.0 Å². The first-order chi connectivity index (χ1) is 14.1. The molecule has 3 aromatic rings. The minimum atomic E-state index is -0.483. The Hall–Kier alpha value is -2.89. The SMILES string of the molecule is O=C1OC(c2ccccc2Br)=N/C1=C/c1cccc(OCc2ccc(Cl)cc2)c1. The molecule has 4 nitrogen and oxygen atoms in total. The molecule has 0 fully saturated rings. The number of esters is 1. The van der Waals surface area contributed by atoms with Gasteiger partial charge >= 0.3 is 5.97 Å². The molecule has 0 amide bonds. The highest BCUT2D eigenvalue weighted by Gasteiger charge is 2.25. The van der Waals surface area contributed by atoms with Gasteiger partial charge in [-0.2, -0.15) is 0 Å². The van der Waals surface area contributed by atoms with E-state index in [1.807, 2.05) is 72.8 Å². The van der Waals surface area contributed by atoms with Gasteiger partial charge in [-0.05, 0) is 69.5 Å². The van der Waals surface area contributed by atoms with Gasteiger partial charge in [-0.25, -0.2) is 9.79 Å². The maximum absolute atomic E-state index is 12.2. The molecule has 29 heavy (non-hydrogen) atoms. The molecular formula is C23H15BrClNO3. The van der Waals surface area contributed by atoms with E-state index in [1.165, 1.54) is 0 Å². The van der Waals surface area contributed by atoms with Gasteiger partial charge in [0.15, 0.2) is 5.70 Å². The Morgan fingerprint density at radius 3 is 2.62 bits per heavy atom. The number of carbonyl (C=O) groups excluding carboxylic acids is 1. The number of carbonyl (C=O) groups is 1. The molecule has 0 N–H and O–H groups in total. The largest absolute Gasteiger partial charge is 0.489 e. The summed E-state index contributed by atoms with van der Waals surface area (Å²) in [4.78, 5) is 16.6. The molecule has 1 aliphatic heterocycles. The smallest absolute Gasteiger partial charge is 0.363 e. The number of hydrogen-bond acceptors (Lipinski definition) is 4. The van der Waals surface area contributed by atoms with Crippen LogP contribution in [0.3, 0.4) is 0 Å². The van der Waals surface area contributed by atoms with Crippen LogP contribution in [-0.2, 0) is 16.1 Å². The molecule has 0 bridgehead atoms. The van der Waals surface area contributed by atoms with E-state index in [-0.39, 0.29) is 11.6 Å². The fraction of sp³-hybridized carbons (Fsp3) is 0.0435. The predicted octanol–water partition coefficient (Wildman–Crippen LogP) is 6.03. The second-order valence-electron chi connectivity index (χ2n) is 6.30. The van der Waals surface area contributed by atoms with E-state index in [0.29, 0.717) is 17.4 Å². The molecule has 0 radical (unpaired) electrons. The second-order valence-corrected chi connectivity index (χ2v) is 7.59. The number of nitrogens with zero attached hydrogens (tertiary/aromatic N) is 1. The van der Waals surface area contributed by atoms with Gasteiger partial charge in [-0.1, -0.05) is 48.0 Å². The van der Waals surface area contributed by atoms with E-state index in [1.54, 1.807) is 6.08 Å². The molecule has 3 aromatic carbocycles. The molecule has 0 saturated heterocycles. The van der Waals surface area contributed by atoms with E-state index < -0.39 is 5.97 Å². The van der Waals surface area contributed by atoms with Crippen molar-refractivity contribution in [2.45, 2.75) is 6.61 Å². The first kappa shape index (κ1) is 19.4. The van der Waals surface area contributed by atoms with Gasteiger partial charge < -0.3 is 9.47 Å². The van der Waals surface area contributed by atoms with Crippen LogP contribution in [0.2, 0.25) is 5.02 Å². The summed E-state index contributed by atoms with van der Waals surface area (Å²) in [6, 6.07) is 22.4. The van der Waals surface area contributed by atoms with E-state index >= 15 is 0 Å². The molecule has 6 heteroatoms. The Labute approximate surface area is 181 Å². The molecule has 1 aliphatic rings. The number of benzene rings is 3. The highest BCUT2D eigenvalue weighted by Crippen LogP contribution is 2.25. The maximum Gasteiger partial charge on any atom is 0.363 e. The van der Waals surface area contributed by atoms with Gasteiger partial charge in [0, 0.05) is 9.50 Å². The number of cyclic esters (lactones) is 1. The summed E-state index contributed by atoms with van der Waals surface area (Å²) in [6.45, 7) is 0.420. The monoisotopic (exact) mass is 467 g/mol. The molecule has 0 aliphatic carbocycles. The summed E-state index contributed by atoms with van der Waals surface area (Å²) >= 11 is 9.35. The van der Waals surface area contributed by atoms with E-state index in [4.69, 9.17) is 21.1 Å². The zero-order chi connectivity index (χ0) is 20.2. The van der Waals surface area contributed by atoms with Gasteiger partial charge in [0.1, 0.15) is 12.4 Å². The summed E-state index contributed by atoms with van der Waals surface area (Å²) in [5.41, 5.74) is 2.78. The molecular weight excluding hydrogens is 454 g/mol. The predicted molar refractivity (Wildman–Crippen MR) is 117 cm³/mol. The Morgan fingerprint density at radius 2 is 1.83 bits per heavy atom. The van der Waals surface area contributed by atoms with Crippen LogP contribution in [0.5, 0.6) is 5.75 Å². The lowest BCUT2D eigenvalue weighted by atomic mass is 10.2. The first-order valence-electron chi connectivity index (χ1n) is 8.83. The minimum Gasteiger partial charge on any atom is -0.489 e. The molecule has 4 rings (SSSR count). The second kappa shape index (κ2) is 8.64. The summed E-state index contributed by atoms with van der Waals surface area (Å²) in [7, 11) is 0. The first-order valence-corrected chi connectivity index (χ1v) is 10.0. The van der Waals surface area contributed by atoms with E-state index in [9.17, 15) is 4.79 Å². The summed E-state index contributed by atoms with van der Waals surface area (Å²) in [5, 5.41) is 0.688. The number of aliphatic imine (C=N–C) groups is 1. The van der Waals surface area contributed by atoms with Crippen molar-refractivity contribution < 1.29 is 14.3 Å². The molecule has 144 valence electrons. The standard InChI is InChI=1S/C23H15BrClNO3/c24-20-7-2-1-6-19(20)22-26-21(23(27)29-22)13-16-4-3-5-18(12-16)28-14-15-8-10-17(25)11-9-15/h1-13H,14H2/b21-13+. The molecule has 0 unspecified atom stereocenters. The summed E-state index contributed by atoms with van der Waals surface area (Å²) in [5.74, 6) is 0.489. The van der Waals surface area contributed by atoms with Gasteiger partial charge in [0.2, 0.25) is 5.90 Å². The third-order valence-electron chi connectivity index (χ3n) is 4.21. The van der Waals surface area contributed by atoms with Gasteiger partial charge in [-0.15, -0.1) is 0 Å². The Balaban J connectivity index is 1.52. The van der Waals surface area contributed by atoms with Crippen LogP contribution in [0.4, 0.5) is 0 Å². The van der Waals surface area contributed by atoms with Crippen molar-refractivity contribution >= 4 is 45.5 Å². The van der Waals surface area contributed by atoms with Crippen molar-refractivity contribution in [1.82, 2.24) is 0 Å². The maximum atomic E-state index is 12.2. The highest BCUT2D eigenvalue weighted by atomic mass is 79.9. The van der Waals surface area contributed by atoms with Crippen LogP contribution < -0.4 is 4.74 Å². The third-order valence-corrected chi connectivity index (χ3v) is 5.15.